The number of anilines is 2. The molecule has 3 aromatic rings. The van der Waals surface area contributed by atoms with E-state index in [4.69, 9.17) is 4.74 Å². The van der Waals surface area contributed by atoms with Gasteiger partial charge >= 0.3 is 6.03 Å². The molecule has 0 saturated carbocycles. The van der Waals surface area contributed by atoms with Crippen molar-refractivity contribution in [3.05, 3.63) is 71.4 Å². The Morgan fingerprint density at radius 2 is 1.93 bits per heavy atom. The molecule has 0 bridgehead atoms. The van der Waals surface area contributed by atoms with E-state index in [1.165, 1.54) is 46.6 Å². The molecule has 0 unspecified atom stereocenters. The summed E-state index contributed by atoms with van der Waals surface area (Å²) < 4.78 is 47.3. The third-order valence-corrected chi connectivity index (χ3v) is 9.83. The van der Waals surface area contributed by atoms with Gasteiger partial charge in [0.2, 0.25) is 0 Å². The van der Waals surface area contributed by atoms with Gasteiger partial charge in [-0.2, -0.15) is 4.31 Å². The molecule has 4 rings (SSSR count). The predicted octanol–water partition coefficient (Wildman–Crippen LogP) is 4.07. The number of nitrogens with one attached hydrogen (secondary N) is 2. The summed E-state index contributed by atoms with van der Waals surface area (Å²) in [4.78, 5) is 27.9. The van der Waals surface area contributed by atoms with Crippen LogP contribution in [0.5, 0.6) is 5.75 Å². The van der Waals surface area contributed by atoms with Crippen LogP contribution < -0.4 is 15.4 Å². The van der Waals surface area contributed by atoms with Crippen molar-refractivity contribution in [1.82, 2.24) is 9.21 Å². The number of ether oxygens (including phenoxy) is 1. The third-order valence-electron chi connectivity index (χ3n) is 6.64. The van der Waals surface area contributed by atoms with E-state index in [0.29, 0.717) is 5.69 Å². The average molecular weight is 591 g/mol. The van der Waals surface area contributed by atoms with E-state index in [9.17, 15) is 27.5 Å². The number of carbonyl (C=O) groups excluding carboxylic acids is 2. The minimum absolute atomic E-state index is 0.0352. The van der Waals surface area contributed by atoms with Crippen LogP contribution in [0.1, 0.15) is 24.2 Å². The van der Waals surface area contributed by atoms with Crippen LogP contribution in [0, 0.1) is 11.7 Å². The number of para-hydroxylation sites is 1. The van der Waals surface area contributed by atoms with E-state index < -0.39 is 39.9 Å². The Morgan fingerprint density at radius 1 is 1.20 bits per heavy atom. The first-order valence-corrected chi connectivity index (χ1v) is 14.9. The topological polar surface area (TPSA) is 128 Å². The summed E-state index contributed by atoms with van der Waals surface area (Å²) in [5.41, 5.74) is 0.690. The summed E-state index contributed by atoms with van der Waals surface area (Å²) >= 11 is 1.11. The second kappa shape index (κ2) is 12.3. The van der Waals surface area contributed by atoms with Crippen molar-refractivity contribution in [3.8, 4) is 5.75 Å². The Kier molecular flexibility index (Phi) is 9.08. The van der Waals surface area contributed by atoms with Gasteiger partial charge in [0.25, 0.3) is 15.9 Å². The van der Waals surface area contributed by atoms with E-state index >= 15 is 0 Å². The van der Waals surface area contributed by atoms with Gasteiger partial charge in [0.05, 0.1) is 30.4 Å². The SMILES string of the molecule is C[C@H]1CN([C@@H](C)CO)C(=O)c2cccc(NC(=O)Nc3ccc(F)cc3)c2O[C@@H]1CN(C)S(=O)(=O)c1cccs1. The molecule has 1 aliphatic rings. The van der Waals surface area contributed by atoms with Crippen LogP contribution in [-0.2, 0) is 10.0 Å². The van der Waals surface area contributed by atoms with E-state index in [1.807, 2.05) is 6.92 Å². The molecule has 0 saturated heterocycles. The zero-order valence-corrected chi connectivity index (χ0v) is 23.8. The quantitative estimate of drug-likeness (QED) is 0.363. The van der Waals surface area contributed by atoms with Crippen LogP contribution in [-0.4, -0.2) is 73.6 Å². The molecule has 3 N–H and O–H groups in total. The van der Waals surface area contributed by atoms with Gasteiger partial charge in [0, 0.05) is 25.2 Å². The van der Waals surface area contributed by atoms with Crippen molar-refractivity contribution >= 4 is 44.7 Å². The molecule has 0 spiro atoms. The van der Waals surface area contributed by atoms with Crippen molar-refractivity contribution < 1.29 is 32.2 Å². The van der Waals surface area contributed by atoms with Gasteiger partial charge in [0.1, 0.15) is 16.1 Å². The zero-order valence-electron chi connectivity index (χ0n) is 22.2. The lowest BCUT2D eigenvalue weighted by Crippen LogP contribution is -2.50. The highest BCUT2D eigenvalue weighted by Gasteiger charge is 2.36. The number of fused-ring (bicyclic) bond motifs is 1. The maximum atomic E-state index is 13.6. The Morgan fingerprint density at radius 3 is 2.58 bits per heavy atom. The van der Waals surface area contributed by atoms with Gasteiger partial charge in [-0.3, -0.25) is 4.79 Å². The fourth-order valence-corrected chi connectivity index (χ4v) is 6.68. The standard InChI is InChI=1S/C27H31FN4O6S2/c1-17-14-32(18(2)16-33)26(34)21-6-4-7-22(30-27(35)29-20-11-9-19(28)10-12-20)25(21)38-23(17)15-31(3)40(36,37)24-8-5-13-39-24/h4-13,17-18,23,33H,14-16H2,1-3H3,(H2,29,30,35)/t17-,18-,23+/m0/s1. The highest BCUT2D eigenvalue weighted by Crippen LogP contribution is 2.35. The molecule has 0 radical (unpaired) electrons. The number of likely N-dealkylation sites (N-methyl/N-ethyl adjacent to an activating group) is 1. The van der Waals surface area contributed by atoms with Crippen LogP contribution in [0.15, 0.2) is 64.2 Å². The minimum Gasteiger partial charge on any atom is -0.486 e. The highest BCUT2D eigenvalue weighted by molar-refractivity contribution is 7.91. The zero-order chi connectivity index (χ0) is 29.0. The molecule has 0 aliphatic carbocycles. The van der Waals surface area contributed by atoms with Crippen LogP contribution in [0.4, 0.5) is 20.6 Å². The number of urea groups is 1. The van der Waals surface area contributed by atoms with Crippen molar-refractivity contribution in [2.75, 3.05) is 37.4 Å². The normalized spacial score (nSPS) is 18.4. The molecule has 0 fully saturated rings. The van der Waals surface area contributed by atoms with E-state index in [0.717, 1.165) is 11.3 Å². The van der Waals surface area contributed by atoms with Crippen molar-refractivity contribution in [2.24, 2.45) is 5.92 Å². The first kappa shape index (κ1) is 29.5. The lowest BCUT2D eigenvalue weighted by Gasteiger charge is -2.38. The van der Waals surface area contributed by atoms with Gasteiger partial charge in [0.15, 0.2) is 5.75 Å². The van der Waals surface area contributed by atoms with E-state index in [-0.39, 0.29) is 46.8 Å². The van der Waals surface area contributed by atoms with Gasteiger partial charge in [-0.25, -0.2) is 17.6 Å². The second-order valence-corrected chi connectivity index (χ2v) is 12.8. The largest absolute Gasteiger partial charge is 0.486 e. The Hall–Kier alpha value is -3.52. The van der Waals surface area contributed by atoms with Gasteiger partial charge in [-0.1, -0.05) is 19.1 Å². The number of hydrogen-bond acceptors (Lipinski definition) is 7. The molecular weight excluding hydrogens is 559 g/mol. The summed E-state index contributed by atoms with van der Waals surface area (Å²) in [5, 5.41) is 16.8. The molecule has 1 aromatic heterocycles. The summed E-state index contributed by atoms with van der Waals surface area (Å²) in [6.45, 7) is 3.45. The third kappa shape index (κ3) is 6.44. The van der Waals surface area contributed by atoms with Crippen molar-refractivity contribution in [1.29, 1.82) is 0 Å². The number of halogens is 1. The molecule has 13 heteroatoms. The van der Waals surface area contributed by atoms with E-state index in [1.54, 1.807) is 36.6 Å². The number of hydrogen-bond donors (Lipinski definition) is 3. The number of aliphatic hydroxyl groups is 1. The fourth-order valence-electron chi connectivity index (χ4n) is 4.29. The lowest BCUT2D eigenvalue weighted by atomic mass is 9.99. The summed E-state index contributed by atoms with van der Waals surface area (Å²) in [6.07, 6.45) is -0.719. The number of nitrogens with zero attached hydrogens (tertiary/aromatic N) is 2. The van der Waals surface area contributed by atoms with Crippen LogP contribution >= 0.6 is 11.3 Å². The second-order valence-electron chi connectivity index (χ2n) is 9.61. The molecule has 10 nitrogen and oxygen atoms in total. The van der Waals surface area contributed by atoms with Gasteiger partial charge in [-0.15, -0.1) is 11.3 Å². The monoisotopic (exact) mass is 590 g/mol. The molecule has 2 aromatic carbocycles. The number of amides is 3. The number of thiophene rings is 1. The molecule has 3 amide bonds. The smallest absolute Gasteiger partial charge is 0.323 e. The Balaban J connectivity index is 1.68. The number of sulfonamides is 1. The first-order valence-electron chi connectivity index (χ1n) is 12.6. The number of rotatable bonds is 8. The average Bonchev–Trinajstić information content (AvgIpc) is 3.48. The fraction of sp³-hybridized carbons (Fsp3) is 0.333. The number of benzene rings is 2. The molecule has 3 atom stereocenters. The Labute approximate surface area is 236 Å². The first-order chi connectivity index (χ1) is 19.0. The predicted molar refractivity (Wildman–Crippen MR) is 151 cm³/mol. The Bertz CT molecular complexity index is 1450. The molecule has 2 heterocycles. The molecule has 40 heavy (non-hydrogen) atoms. The summed E-state index contributed by atoms with van der Waals surface area (Å²) in [6, 6.07) is 11.9. The van der Waals surface area contributed by atoms with Crippen LogP contribution in [0.25, 0.3) is 0 Å². The van der Waals surface area contributed by atoms with Crippen molar-refractivity contribution in [2.45, 2.75) is 30.2 Å². The van der Waals surface area contributed by atoms with Crippen LogP contribution in [0.2, 0.25) is 0 Å². The maximum absolute atomic E-state index is 13.6. The summed E-state index contributed by atoms with van der Waals surface area (Å²) in [5.74, 6) is -1.12. The van der Waals surface area contributed by atoms with E-state index in [2.05, 4.69) is 10.6 Å². The minimum atomic E-state index is -3.78. The van der Waals surface area contributed by atoms with Crippen LogP contribution in [0.3, 0.4) is 0 Å². The van der Waals surface area contributed by atoms with Crippen molar-refractivity contribution in [3.63, 3.8) is 0 Å². The number of aliphatic hydroxyl groups excluding tert-OH is 1. The maximum Gasteiger partial charge on any atom is 0.323 e. The number of carbonyl (C=O) groups is 2. The molecule has 1 aliphatic heterocycles. The highest BCUT2D eigenvalue weighted by atomic mass is 32.2. The van der Waals surface area contributed by atoms with Gasteiger partial charge < -0.3 is 25.4 Å². The van der Waals surface area contributed by atoms with Gasteiger partial charge in [-0.05, 0) is 54.8 Å². The molecule has 214 valence electrons. The lowest BCUT2D eigenvalue weighted by molar-refractivity contribution is 0.0389. The summed E-state index contributed by atoms with van der Waals surface area (Å²) in [7, 11) is -2.32. The molecular formula is C27H31FN4O6S2.